The highest BCUT2D eigenvalue weighted by Gasteiger charge is 2.51. The van der Waals surface area contributed by atoms with Gasteiger partial charge in [0.2, 0.25) is 0 Å². The number of ether oxygens (including phenoxy) is 1. The Kier molecular flexibility index (Phi) is 3.01. The summed E-state index contributed by atoms with van der Waals surface area (Å²) in [5.74, 6) is -0.104. The van der Waals surface area contributed by atoms with Crippen LogP contribution >= 0.6 is 0 Å². The first-order valence-corrected chi connectivity index (χ1v) is 5.63. The molecule has 1 fully saturated rings. The van der Waals surface area contributed by atoms with E-state index in [2.05, 4.69) is 10.3 Å². The molecule has 0 aliphatic heterocycles. The van der Waals surface area contributed by atoms with Crippen molar-refractivity contribution < 1.29 is 9.53 Å². The van der Waals surface area contributed by atoms with Gasteiger partial charge in [0.05, 0.1) is 18.6 Å². The second-order valence-corrected chi connectivity index (χ2v) is 4.35. The van der Waals surface area contributed by atoms with Crippen LogP contribution in [0.2, 0.25) is 0 Å². The van der Waals surface area contributed by atoms with E-state index in [4.69, 9.17) is 4.74 Å². The van der Waals surface area contributed by atoms with Crippen molar-refractivity contribution in [1.29, 1.82) is 0 Å². The van der Waals surface area contributed by atoms with E-state index in [0.29, 0.717) is 0 Å². The molecule has 1 aliphatic rings. The number of aromatic nitrogens is 1. The summed E-state index contributed by atoms with van der Waals surface area (Å²) < 4.78 is 4.95. The molecule has 1 heterocycles. The fourth-order valence-corrected chi connectivity index (χ4v) is 2.62. The second-order valence-electron chi connectivity index (χ2n) is 4.35. The molecule has 1 aromatic heterocycles. The van der Waals surface area contributed by atoms with Crippen molar-refractivity contribution in [2.45, 2.75) is 25.3 Å². The zero-order valence-electron chi connectivity index (χ0n) is 9.75. The molecule has 0 spiro atoms. The number of rotatable bonds is 4. The fourth-order valence-electron chi connectivity index (χ4n) is 2.62. The fraction of sp³-hybridized carbons (Fsp3) is 0.583. The molecule has 16 heavy (non-hydrogen) atoms. The molecule has 2 N–H and O–H groups in total. The van der Waals surface area contributed by atoms with Crippen molar-refractivity contribution >= 4 is 5.97 Å². The molecule has 1 aliphatic carbocycles. The molecule has 1 unspecified atom stereocenters. The van der Waals surface area contributed by atoms with Crippen LogP contribution in [0.15, 0.2) is 18.3 Å². The molecule has 1 atom stereocenters. The number of carbonyl (C=O) groups excluding carboxylic acids is 1. The summed E-state index contributed by atoms with van der Waals surface area (Å²) in [6.45, 7) is 0. The van der Waals surface area contributed by atoms with Crippen molar-refractivity contribution in [2.24, 2.45) is 5.41 Å². The van der Waals surface area contributed by atoms with Gasteiger partial charge in [0.25, 0.3) is 0 Å². The summed E-state index contributed by atoms with van der Waals surface area (Å²) in [5, 5.41) is 3.23. The molecule has 0 radical (unpaired) electrons. The molecule has 4 nitrogen and oxygen atoms in total. The van der Waals surface area contributed by atoms with Gasteiger partial charge in [0.15, 0.2) is 0 Å². The largest absolute Gasteiger partial charge is 0.469 e. The van der Waals surface area contributed by atoms with Crippen LogP contribution in [0.25, 0.3) is 0 Å². The van der Waals surface area contributed by atoms with E-state index in [-0.39, 0.29) is 17.4 Å². The number of hydrogen-bond acceptors (Lipinski definition) is 3. The van der Waals surface area contributed by atoms with Gasteiger partial charge in [-0.2, -0.15) is 0 Å². The Hall–Kier alpha value is -1.29. The first-order valence-electron chi connectivity index (χ1n) is 5.63. The molecule has 1 aromatic rings. The smallest absolute Gasteiger partial charge is 0.313 e. The summed E-state index contributed by atoms with van der Waals surface area (Å²) in [6.07, 6.45) is 4.76. The Morgan fingerprint density at radius 1 is 1.62 bits per heavy atom. The number of hydrogen-bond donors (Lipinski definition) is 2. The molecule has 0 bridgehead atoms. The number of nitrogens with one attached hydrogen (secondary N) is 2. The van der Waals surface area contributed by atoms with Crippen molar-refractivity contribution in [1.82, 2.24) is 10.3 Å². The Morgan fingerprint density at radius 2 is 2.38 bits per heavy atom. The van der Waals surface area contributed by atoms with E-state index < -0.39 is 0 Å². The van der Waals surface area contributed by atoms with Gasteiger partial charge < -0.3 is 15.0 Å². The van der Waals surface area contributed by atoms with Crippen LogP contribution in [-0.4, -0.2) is 25.1 Å². The molecular formula is C12H18N2O2. The average molecular weight is 222 g/mol. The minimum atomic E-state index is -0.381. The number of methoxy groups -OCH3 is 1. The third-order valence-corrected chi connectivity index (χ3v) is 3.61. The van der Waals surface area contributed by atoms with Crippen LogP contribution < -0.4 is 5.32 Å². The first-order chi connectivity index (χ1) is 7.74. The molecule has 0 amide bonds. The predicted octanol–water partition coefficient (Wildman–Crippen LogP) is 1.62. The molecule has 2 rings (SSSR count). The van der Waals surface area contributed by atoms with Crippen LogP contribution in [0, 0.1) is 5.41 Å². The van der Waals surface area contributed by atoms with E-state index in [0.717, 1.165) is 25.0 Å². The standard InChI is InChI=1S/C12H18N2O2/c1-13-10(9-5-3-8-14-9)12(6-4-7-12)11(15)16-2/h3,5,8,10,13-14H,4,6-7H2,1-2H3. The van der Waals surface area contributed by atoms with Crippen molar-refractivity contribution in [3.63, 3.8) is 0 Å². The van der Waals surface area contributed by atoms with Crippen LogP contribution in [-0.2, 0) is 9.53 Å². The highest BCUT2D eigenvalue weighted by Crippen LogP contribution is 2.50. The minimum absolute atomic E-state index is 0.0173. The van der Waals surface area contributed by atoms with Gasteiger partial charge in [-0.15, -0.1) is 0 Å². The number of esters is 1. The van der Waals surface area contributed by atoms with Gasteiger partial charge in [0, 0.05) is 11.9 Å². The lowest BCUT2D eigenvalue weighted by Gasteiger charge is -2.44. The van der Waals surface area contributed by atoms with E-state index >= 15 is 0 Å². The van der Waals surface area contributed by atoms with Gasteiger partial charge in [-0.25, -0.2) is 0 Å². The summed E-state index contributed by atoms with van der Waals surface area (Å²) >= 11 is 0. The quantitative estimate of drug-likeness (QED) is 0.761. The second kappa shape index (κ2) is 4.29. The van der Waals surface area contributed by atoms with E-state index in [1.165, 1.54) is 7.11 Å². The Morgan fingerprint density at radius 3 is 2.75 bits per heavy atom. The van der Waals surface area contributed by atoms with Crippen LogP contribution in [0.5, 0.6) is 0 Å². The molecule has 1 saturated carbocycles. The van der Waals surface area contributed by atoms with Crippen LogP contribution in [0.4, 0.5) is 0 Å². The normalized spacial score (nSPS) is 19.9. The van der Waals surface area contributed by atoms with Crippen LogP contribution in [0.3, 0.4) is 0 Å². The maximum absolute atomic E-state index is 11.9. The summed E-state index contributed by atoms with van der Waals surface area (Å²) in [7, 11) is 3.35. The minimum Gasteiger partial charge on any atom is -0.469 e. The summed E-state index contributed by atoms with van der Waals surface area (Å²) in [4.78, 5) is 15.1. The van der Waals surface area contributed by atoms with E-state index in [1.807, 2.05) is 25.4 Å². The lowest BCUT2D eigenvalue weighted by atomic mass is 9.63. The number of H-pyrrole nitrogens is 1. The molecule has 0 aromatic carbocycles. The van der Waals surface area contributed by atoms with Crippen molar-refractivity contribution in [2.75, 3.05) is 14.2 Å². The molecular weight excluding hydrogens is 204 g/mol. The van der Waals surface area contributed by atoms with Gasteiger partial charge >= 0.3 is 5.97 Å². The summed E-state index contributed by atoms with van der Waals surface area (Å²) in [5.41, 5.74) is 0.668. The maximum atomic E-state index is 11.9. The summed E-state index contributed by atoms with van der Waals surface area (Å²) in [6, 6.07) is 3.97. The highest BCUT2D eigenvalue weighted by atomic mass is 16.5. The average Bonchev–Trinajstić information content (AvgIpc) is 2.75. The lowest BCUT2D eigenvalue weighted by Crippen LogP contribution is -2.48. The predicted molar refractivity (Wildman–Crippen MR) is 60.9 cm³/mol. The third kappa shape index (κ3) is 1.53. The molecule has 4 heteroatoms. The van der Waals surface area contributed by atoms with E-state index in [9.17, 15) is 4.79 Å². The highest BCUT2D eigenvalue weighted by molar-refractivity contribution is 5.79. The first kappa shape index (κ1) is 11.2. The van der Waals surface area contributed by atoms with Gasteiger partial charge in [0.1, 0.15) is 0 Å². The monoisotopic (exact) mass is 222 g/mol. The van der Waals surface area contributed by atoms with Gasteiger partial charge in [-0.3, -0.25) is 4.79 Å². The van der Waals surface area contributed by atoms with Crippen molar-refractivity contribution in [3.05, 3.63) is 24.0 Å². The molecule has 88 valence electrons. The number of carbonyl (C=O) groups is 1. The lowest BCUT2D eigenvalue weighted by molar-refractivity contribution is -0.161. The zero-order valence-corrected chi connectivity index (χ0v) is 9.75. The van der Waals surface area contributed by atoms with Crippen LogP contribution in [0.1, 0.15) is 31.0 Å². The Balaban J connectivity index is 2.28. The Bertz CT molecular complexity index is 355. The SMILES string of the molecule is CNC(c1ccc[nH]1)C1(C(=O)OC)CCC1. The third-order valence-electron chi connectivity index (χ3n) is 3.61. The van der Waals surface area contributed by atoms with Crippen molar-refractivity contribution in [3.8, 4) is 0 Å². The van der Waals surface area contributed by atoms with E-state index in [1.54, 1.807) is 0 Å². The molecule has 0 saturated heterocycles. The maximum Gasteiger partial charge on any atom is 0.313 e. The topological polar surface area (TPSA) is 54.1 Å². The van der Waals surface area contributed by atoms with Gasteiger partial charge in [-0.1, -0.05) is 6.42 Å². The number of aromatic amines is 1. The Labute approximate surface area is 95.4 Å². The van der Waals surface area contributed by atoms with Gasteiger partial charge in [-0.05, 0) is 32.0 Å². The zero-order chi connectivity index (χ0) is 11.6.